The number of rotatable bonds is 5. The van der Waals surface area contributed by atoms with Crippen molar-refractivity contribution < 1.29 is 4.79 Å². The Kier molecular flexibility index (Phi) is 4.32. The maximum absolute atomic E-state index is 10.3. The van der Waals surface area contributed by atoms with Crippen LogP contribution in [0.25, 0.3) is 0 Å². The monoisotopic (exact) mass is 258 g/mol. The second kappa shape index (κ2) is 5.29. The normalized spacial score (nSPS) is 10.5. The van der Waals surface area contributed by atoms with Crippen molar-refractivity contribution in [1.82, 2.24) is 9.78 Å². The molecule has 0 unspecified atom stereocenters. The maximum atomic E-state index is 10.3. The lowest BCUT2D eigenvalue weighted by Gasteiger charge is -2.02. The van der Waals surface area contributed by atoms with Gasteiger partial charge in [0.05, 0.1) is 15.9 Å². The molecule has 0 atom stereocenters. The van der Waals surface area contributed by atoms with E-state index >= 15 is 0 Å². The molecule has 0 spiro atoms. The van der Waals surface area contributed by atoms with Crippen molar-refractivity contribution in [2.45, 2.75) is 39.7 Å². The first-order valence-corrected chi connectivity index (χ1v) is 5.71. The second-order valence-corrected chi connectivity index (χ2v) is 3.88. The fourth-order valence-corrected chi connectivity index (χ4v) is 2.21. The van der Waals surface area contributed by atoms with Crippen LogP contribution in [0.2, 0.25) is 0 Å². The average molecular weight is 259 g/mol. The highest BCUT2D eigenvalue weighted by Gasteiger charge is 2.12. The van der Waals surface area contributed by atoms with Crippen LogP contribution < -0.4 is 0 Å². The van der Waals surface area contributed by atoms with Crippen LogP contribution >= 0.6 is 15.9 Å². The molecule has 0 aliphatic rings. The number of hydrogen-bond donors (Lipinski definition) is 0. The predicted octanol–water partition coefficient (Wildman–Crippen LogP) is 2.36. The number of carbonyl (C=O) groups is 1. The predicted molar refractivity (Wildman–Crippen MR) is 59.4 cm³/mol. The van der Waals surface area contributed by atoms with E-state index in [4.69, 9.17) is 0 Å². The topological polar surface area (TPSA) is 34.9 Å². The quantitative estimate of drug-likeness (QED) is 0.761. The van der Waals surface area contributed by atoms with E-state index in [0.29, 0.717) is 6.42 Å². The van der Waals surface area contributed by atoms with Crippen molar-refractivity contribution in [2.24, 2.45) is 0 Å². The van der Waals surface area contributed by atoms with Crippen LogP contribution in [0.5, 0.6) is 0 Å². The van der Waals surface area contributed by atoms with Gasteiger partial charge in [0.2, 0.25) is 0 Å². The van der Waals surface area contributed by atoms with Gasteiger partial charge in [-0.15, -0.1) is 0 Å². The number of halogens is 1. The number of nitrogens with zero attached hydrogens (tertiary/aromatic N) is 2. The highest BCUT2D eigenvalue weighted by atomic mass is 79.9. The number of aryl methyl sites for hydroxylation is 2. The summed E-state index contributed by atoms with van der Waals surface area (Å²) in [5, 5.41) is 4.45. The molecule has 0 bridgehead atoms. The van der Waals surface area contributed by atoms with Crippen LogP contribution in [0.4, 0.5) is 0 Å². The van der Waals surface area contributed by atoms with Crippen molar-refractivity contribution in [3.05, 3.63) is 15.9 Å². The van der Waals surface area contributed by atoms with E-state index in [1.54, 1.807) is 0 Å². The van der Waals surface area contributed by atoms with Gasteiger partial charge in [0.15, 0.2) is 0 Å². The molecule has 0 aromatic carbocycles. The molecule has 78 valence electrons. The summed E-state index contributed by atoms with van der Waals surface area (Å²) in [7, 11) is 0. The van der Waals surface area contributed by atoms with Crippen LogP contribution in [0.15, 0.2) is 4.47 Å². The lowest BCUT2D eigenvalue weighted by Crippen LogP contribution is -2.03. The Morgan fingerprint density at radius 2 is 2.21 bits per heavy atom. The molecule has 4 heteroatoms. The number of carbonyl (C=O) groups excluding carboxylic acids is 1. The van der Waals surface area contributed by atoms with Crippen LogP contribution in [-0.4, -0.2) is 16.1 Å². The Hall–Kier alpha value is -0.640. The maximum Gasteiger partial charge on any atom is 0.120 e. The lowest BCUT2D eigenvalue weighted by atomic mass is 10.2. The minimum absolute atomic E-state index is 0.563. The first-order valence-electron chi connectivity index (χ1n) is 4.92. The molecule has 0 saturated heterocycles. The molecule has 0 aliphatic carbocycles. The van der Waals surface area contributed by atoms with Gasteiger partial charge in [-0.05, 0) is 35.7 Å². The molecular weight excluding hydrogens is 244 g/mol. The Balaban J connectivity index is 2.97. The molecule has 14 heavy (non-hydrogen) atoms. The van der Waals surface area contributed by atoms with Crippen molar-refractivity contribution >= 4 is 22.2 Å². The summed E-state index contributed by atoms with van der Waals surface area (Å²) >= 11 is 3.53. The zero-order valence-electron chi connectivity index (χ0n) is 8.59. The molecule has 1 heterocycles. The number of hydrogen-bond acceptors (Lipinski definition) is 2. The van der Waals surface area contributed by atoms with Gasteiger partial charge < -0.3 is 4.79 Å². The fraction of sp³-hybridized carbons (Fsp3) is 0.600. The summed E-state index contributed by atoms with van der Waals surface area (Å²) in [6.07, 6.45) is 3.20. The van der Waals surface area contributed by atoms with Crippen molar-refractivity contribution in [2.75, 3.05) is 0 Å². The number of aldehydes is 1. The molecular formula is C10H15BrN2O. The van der Waals surface area contributed by atoms with Gasteiger partial charge >= 0.3 is 0 Å². The van der Waals surface area contributed by atoms with E-state index in [9.17, 15) is 4.79 Å². The van der Waals surface area contributed by atoms with E-state index in [0.717, 1.165) is 41.5 Å². The summed E-state index contributed by atoms with van der Waals surface area (Å²) in [6.45, 7) is 4.99. The van der Waals surface area contributed by atoms with E-state index in [1.807, 2.05) is 4.68 Å². The molecule has 0 fully saturated rings. The molecule has 1 aromatic heterocycles. The first kappa shape index (κ1) is 11.4. The summed E-state index contributed by atoms with van der Waals surface area (Å²) in [5.41, 5.74) is 2.21. The third-order valence-electron chi connectivity index (χ3n) is 2.19. The summed E-state index contributed by atoms with van der Waals surface area (Å²) in [4.78, 5) is 10.3. The highest BCUT2D eigenvalue weighted by molar-refractivity contribution is 9.10. The van der Waals surface area contributed by atoms with Gasteiger partial charge in [-0.25, -0.2) is 0 Å². The average Bonchev–Trinajstić information content (AvgIpc) is 2.52. The second-order valence-electron chi connectivity index (χ2n) is 3.08. The molecule has 0 radical (unpaired) electrons. The van der Waals surface area contributed by atoms with Crippen LogP contribution in [0.3, 0.4) is 0 Å². The Morgan fingerprint density at radius 3 is 2.71 bits per heavy atom. The van der Waals surface area contributed by atoms with Crippen molar-refractivity contribution in [1.29, 1.82) is 0 Å². The van der Waals surface area contributed by atoms with Crippen molar-refractivity contribution in [3.8, 4) is 0 Å². The molecule has 1 rings (SSSR count). The molecule has 0 N–H and O–H groups in total. The van der Waals surface area contributed by atoms with Crippen LogP contribution in [-0.2, 0) is 24.2 Å². The zero-order chi connectivity index (χ0) is 10.6. The van der Waals surface area contributed by atoms with Gasteiger partial charge in [-0.2, -0.15) is 5.10 Å². The van der Waals surface area contributed by atoms with Crippen LogP contribution in [0, 0.1) is 0 Å². The van der Waals surface area contributed by atoms with Gasteiger partial charge in [0.1, 0.15) is 6.29 Å². The van der Waals surface area contributed by atoms with E-state index < -0.39 is 0 Å². The lowest BCUT2D eigenvalue weighted by molar-refractivity contribution is -0.107. The summed E-state index contributed by atoms with van der Waals surface area (Å²) in [6, 6.07) is 0. The van der Waals surface area contributed by atoms with Gasteiger partial charge in [0, 0.05) is 13.0 Å². The third kappa shape index (κ3) is 2.23. The smallest absolute Gasteiger partial charge is 0.120 e. The molecule has 1 aromatic rings. The third-order valence-corrected chi connectivity index (χ3v) is 3.11. The fourth-order valence-electron chi connectivity index (χ4n) is 1.45. The molecule has 0 saturated carbocycles. The highest BCUT2D eigenvalue weighted by Crippen LogP contribution is 2.23. The Morgan fingerprint density at radius 1 is 1.50 bits per heavy atom. The Bertz CT molecular complexity index is 320. The molecule has 0 amide bonds. The van der Waals surface area contributed by atoms with Gasteiger partial charge in [-0.3, -0.25) is 4.68 Å². The van der Waals surface area contributed by atoms with Crippen LogP contribution in [0.1, 0.15) is 31.7 Å². The van der Waals surface area contributed by atoms with Gasteiger partial charge in [-0.1, -0.05) is 6.92 Å². The molecule has 0 aliphatic heterocycles. The van der Waals surface area contributed by atoms with Crippen molar-refractivity contribution in [3.63, 3.8) is 0 Å². The SMILES string of the molecule is CCc1nn(CC)c(CCC=O)c1Br. The molecule has 3 nitrogen and oxygen atoms in total. The minimum Gasteiger partial charge on any atom is -0.303 e. The van der Waals surface area contributed by atoms with E-state index in [-0.39, 0.29) is 0 Å². The summed E-state index contributed by atoms with van der Waals surface area (Å²) in [5.74, 6) is 0. The number of aromatic nitrogens is 2. The largest absolute Gasteiger partial charge is 0.303 e. The van der Waals surface area contributed by atoms with Gasteiger partial charge in [0.25, 0.3) is 0 Å². The zero-order valence-corrected chi connectivity index (χ0v) is 10.2. The van der Waals surface area contributed by atoms with E-state index in [1.165, 1.54) is 0 Å². The standard InChI is InChI=1S/C10H15BrN2O/c1-3-8-10(11)9(6-5-7-14)13(4-2)12-8/h7H,3-6H2,1-2H3. The minimum atomic E-state index is 0.563. The van der Waals surface area contributed by atoms with E-state index in [2.05, 4.69) is 34.9 Å². The first-order chi connectivity index (χ1) is 6.74. The summed E-state index contributed by atoms with van der Waals surface area (Å²) < 4.78 is 3.04. The Labute approximate surface area is 92.6 Å².